The van der Waals surface area contributed by atoms with Gasteiger partial charge in [0.15, 0.2) is 5.82 Å². The lowest BCUT2D eigenvalue weighted by Crippen LogP contribution is -2.34. The number of amides is 1. The summed E-state index contributed by atoms with van der Waals surface area (Å²) >= 11 is 0. The Hall–Kier alpha value is -4.65. The molecule has 0 saturated heterocycles. The van der Waals surface area contributed by atoms with Gasteiger partial charge >= 0.3 is 12.1 Å². The molecule has 1 fully saturated rings. The summed E-state index contributed by atoms with van der Waals surface area (Å²) in [6.07, 6.45) is -2.46. The average molecular weight is 709 g/mol. The zero-order valence-corrected chi connectivity index (χ0v) is 28.6. The summed E-state index contributed by atoms with van der Waals surface area (Å²) in [7, 11) is 0. The monoisotopic (exact) mass is 708 g/mol. The quantitative estimate of drug-likeness (QED) is 0.102. The summed E-state index contributed by atoms with van der Waals surface area (Å²) in [5.74, 6) is -6.57. The minimum Gasteiger partial charge on any atom is -0.342 e. The molecule has 2 aromatic heterocycles. The molecule has 6 rings (SSSR count). The smallest absolute Gasteiger partial charge is 0.342 e. The van der Waals surface area contributed by atoms with Crippen LogP contribution in [-0.4, -0.2) is 44.3 Å². The van der Waals surface area contributed by atoms with Crippen LogP contribution in [0.2, 0.25) is 0 Å². The lowest BCUT2D eigenvalue weighted by molar-refractivity contribution is -0.292. The van der Waals surface area contributed by atoms with Gasteiger partial charge in [0.25, 0.3) is 0 Å². The van der Waals surface area contributed by atoms with Crippen molar-refractivity contribution >= 4 is 39.4 Å². The van der Waals surface area contributed by atoms with Crippen molar-refractivity contribution in [3.8, 4) is 11.1 Å². The van der Waals surface area contributed by atoms with Crippen molar-refractivity contribution in [1.82, 2.24) is 19.9 Å². The zero-order valence-electron chi connectivity index (χ0n) is 28.6. The third-order valence-electron chi connectivity index (χ3n) is 10.00. The second kappa shape index (κ2) is 14.2. The number of anilines is 1. The maximum atomic E-state index is 13.9. The van der Waals surface area contributed by atoms with E-state index in [0.29, 0.717) is 25.3 Å². The zero-order chi connectivity index (χ0) is 36.7. The van der Waals surface area contributed by atoms with E-state index in [1.54, 1.807) is 0 Å². The molecule has 13 heteroatoms. The highest BCUT2D eigenvalue weighted by Gasteiger charge is 2.61. The molecule has 1 saturated carbocycles. The van der Waals surface area contributed by atoms with Gasteiger partial charge in [-0.15, -0.1) is 0 Å². The SMILES string of the molecule is Cc1cc2[nH]c(C(C)C)nc2cc1-c1ccc(C[C@H](CC(=O)C2CCC(CN)CC2)C(=O)Nc2ccc3nc(C(F)(F)C(F)(F)F)[nH]c3c2)cc1. The third kappa shape index (κ3) is 7.68. The fourth-order valence-corrected chi connectivity index (χ4v) is 6.88. The number of nitrogens with two attached hydrogens (primary N) is 1. The summed E-state index contributed by atoms with van der Waals surface area (Å²) in [4.78, 5) is 40.9. The molecule has 1 atom stereocenters. The standard InChI is InChI=1S/C38H41F5N6O2/c1-20(2)34-46-30-14-21(3)28(18-32(30)47-34)24-8-4-22(5-9-24)15-26(16-33(50)25-10-6-23(19-44)7-11-25)35(51)45-27-12-13-29-31(17-27)49-36(48-29)37(39,40)38(41,42)43/h4-5,8-9,12-14,17-18,20,23,25-26H,6-7,10-11,15-16,19,44H2,1-3H3,(H,45,51)(H,46,47)(H,48,49)/t23?,25?,26-/m1/s1. The number of nitrogens with one attached hydrogen (secondary N) is 3. The van der Waals surface area contributed by atoms with Gasteiger partial charge in [0.05, 0.1) is 22.1 Å². The number of nitrogens with zero attached hydrogens (tertiary/aromatic N) is 2. The van der Waals surface area contributed by atoms with Gasteiger partial charge in [-0.3, -0.25) is 9.59 Å². The molecule has 5 aromatic rings. The Bertz CT molecular complexity index is 2040. The maximum Gasteiger partial charge on any atom is 0.461 e. The van der Waals surface area contributed by atoms with Gasteiger partial charge in [0.1, 0.15) is 11.6 Å². The van der Waals surface area contributed by atoms with Crippen molar-refractivity contribution in [2.75, 3.05) is 11.9 Å². The predicted octanol–water partition coefficient (Wildman–Crippen LogP) is 8.71. The number of carbonyl (C=O) groups excluding carboxylic acids is 2. The number of alkyl halides is 5. The van der Waals surface area contributed by atoms with Crippen molar-refractivity contribution in [3.05, 3.63) is 77.4 Å². The molecule has 5 N–H and O–H groups in total. The number of aryl methyl sites for hydroxylation is 1. The largest absolute Gasteiger partial charge is 0.461 e. The molecule has 270 valence electrons. The molecule has 0 bridgehead atoms. The second-order valence-electron chi connectivity index (χ2n) is 14.1. The number of H-pyrrole nitrogens is 2. The van der Waals surface area contributed by atoms with Gasteiger partial charge in [-0.25, -0.2) is 9.97 Å². The Kier molecular flexibility index (Phi) is 10.0. The normalized spacial score (nSPS) is 17.7. The van der Waals surface area contributed by atoms with E-state index in [0.717, 1.165) is 52.0 Å². The van der Waals surface area contributed by atoms with Crippen molar-refractivity contribution in [2.24, 2.45) is 23.5 Å². The van der Waals surface area contributed by atoms with Crippen LogP contribution in [-0.2, 0) is 21.9 Å². The molecule has 2 heterocycles. The molecular formula is C38H41F5N6O2. The molecular weight excluding hydrogens is 667 g/mol. The third-order valence-corrected chi connectivity index (χ3v) is 10.00. The van der Waals surface area contributed by atoms with Crippen LogP contribution in [0.1, 0.15) is 74.6 Å². The number of imidazole rings is 2. The number of rotatable bonds is 11. The highest BCUT2D eigenvalue weighted by atomic mass is 19.4. The molecule has 8 nitrogen and oxygen atoms in total. The van der Waals surface area contributed by atoms with Crippen LogP contribution in [0.25, 0.3) is 33.2 Å². The van der Waals surface area contributed by atoms with E-state index in [1.165, 1.54) is 18.2 Å². The van der Waals surface area contributed by atoms with E-state index in [-0.39, 0.29) is 47.2 Å². The first kappa shape index (κ1) is 36.2. The fourth-order valence-electron chi connectivity index (χ4n) is 6.88. The highest BCUT2D eigenvalue weighted by Crippen LogP contribution is 2.43. The average Bonchev–Trinajstić information content (AvgIpc) is 3.72. The summed E-state index contributed by atoms with van der Waals surface area (Å²) in [5.41, 5.74) is 11.5. The van der Waals surface area contributed by atoms with Crippen LogP contribution in [0.15, 0.2) is 54.6 Å². The number of hydrogen-bond donors (Lipinski definition) is 4. The Morgan fingerprint density at radius 1 is 0.902 bits per heavy atom. The van der Waals surface area contributed by atoms with Gasteiger partial charge < -0.3 is 21.0 Å². The maximum absolute atomic E-state index is 13.9. The Morgan fingerprint density at radius 2 is 1.59 bits per heavy atom. The van der Waals surface area contributed by atoms with E-state index < -0.39 is 29.7 Å². The molecule has 0 radical (unpaired) electrons. The fraction of sp³-hybridized carbons (Fsp3) is 0.421. The Morgan fingerprint density at radius 3 is 2.24 bits per heavy atom. The van der Waals surface area contributed by atoms with E-state index in [9.17, 15) is 31.5 Å². The number of fused-ring (bicyclic) bond motifs is 2. The molecule has 0 aliphatic heterocycles. The van der Waals surface area contributed by atoms with Crippen LogP contribution >= 0.6 is 0 Å². The summed E-state index contributed by atoms with van der Waals surface area (Å²) in [5, 5.41) is 2.75. The van der Waals surface area contributed by atoms with E-state index in [1.807, 2.05) is 36.2 Å². The minimum atomic E-state index is -5.83. The molecule has 0 unspecified atom stereocenters. The molecule has 1 aliphatic carbocycles. The van der Waals surface area contributed by atoms with Crippen LogP contribution in [0.5, 0.6) is 0 Å². The number of halogens is 5. The van der Waals surface area contributed by atoms with Crippen LogP contribution < -0.4 is 11.1 Å². The number of Topliss-reactive ketones (excluding diaryl/α,β-unsaturated/α-hetero) is 1. The molecule has 1 amide bonds. The lowest BCUT2D eigenvalue weighted by Gasteiger charge is -2.27. The number of aromatic amines is 2. The van der Waals surface area contributed by atoms with Crippen LogP contribution in [0.3, 0.4) is 0 Å². The van der Waals surface area contributed by atoms with Crippen molar-refractivity contribution in [2.45, 2.75) is 77.3 Å². The second-order valence-corrected chi connectivity index (χ2v) is 14.1. The van der Waals surface area contributed by atoms with Gasteiger partial charge in [-0.05, 0) is 104 Å². The summed E-state index contributed by atoms with van der Waals surface area (Å²) in [6.45, 7) is 6.77. The van der Waals surface area contributed by atoms with Gasteiger partial charge in [0, 0.05) is 29.9 Å². The van der Waals surface area contributed by atoms with Crippen LogP contribution in [0.4, 0.5) is 27.6 Å². The number of carbonyl (C=O) groups is 2. The Labute approximate surface area is 291 Å². The summed E-state index contributed by atoms with van der Waals surface area (Å²) in [6, 6.07) is 15.8. The summed E-state index contributed by atoms with van der Waals surface area (Å²) < 4.78 is 66.7. The van der Waals surface area contributed by atoms with E-state index >= 15 is 0 Å². The number of ketones is 1. The van der Waals surface area contributed by atoms with E-state index in [2.05, 4.69) is 41.3 Å². The minimum absolute atomic E-state index is 0.00557. The molecule has 0 spiro atoms. The molecule has 51 heavy (non-hydrogen) atoms. The first-order chi connectivity index (χ1) is 24.1. The first-order valence-electron chi connectivity index (χ1n) is 17.2. The molecule has 3 aromatic carbocycles. The van der Waals surface area contributed by atoms with Crippen molar-refractivity contribution in [1.29, 1.82) is 0 Å². The lowest BCUT2D eigenvalue weighted by atomic mass is 9.77. The highest BCUT2D eigenvalue weighted by molar-refractivity contribution is 5.97. The molecule has 1 aliphatic rings. The van der Waals surface area contributed by atoms with Crippen molar-refractivity contribution in [3.63, 3.8) is 0 Å². The number of aromatic nitrogens is 4. The van der Waals surface area contributed by atoms with Gasteiger partial charge in [-0.2, -0.15) is 22.0 Å². The van der Waals surface area contributed by atoms with Gasteiger partial charge in [-0.1, -0.05) is 38.1 Å². The number of benzene rings is 3. The topological polar surface area (TPSA) is 130 Å². The van der Waals surface area contributed by atoms with Crippen LogP contribution in [0, 0.1) is 24.7 Å². The Balaban J connectivity index is 1.23. The van der Waals surface area contributed by atoms with Gasteiger partial charge in [0.2, 0.25) is 5.91 Å². The van der Waals surface area contributed by atoms with E-state index in [4.69, 9.17) is 10.7 Å². The number of hydrogen-bond acceptors (Lipinski definition) is 5. The predicted molar refractivity (Wildman–Crippen MR) is 186 cm³/mol. The van der Waals surface area contributed by atoms with Crippen molar-refractivity contribution < 1.29 is 31.5 Å². The first-order valence-corrected chi connectivity index (χ1v) is 17.2.